The highest BCUT2D eigenvalue weighted by atomic mass is 35.5. The third-order valence-electron chi connectivity index (χ3n) is 3.02. The molecule has 3 N–H and O–H groups in total. The lowest BCUT2D eigenvalue weighted by Crippen LogP contribution is -2.36. The van der Waals surface area contributed by atoms with Crippen LogP contribution in [0.5, 0.6) is 0 Å². The Morgan fingerprint density at radius 1 is 1.42 bits per heavy atom. The van der Waals surface area contributed by atoms with Crippen LogP contribution in [0.25, 0.3) is 0 Å². The van der Waals surface area contributed by atoms with Gasteiger partial charge in [-0.3, -0.25) is 0 Å². The van der Waals surface area contributed by atoms with Gasteiger partial charge >= 0.3 is 0 Å². The predicted octanol–water partition coefficient (Wildman–Crippen LogP) is 1.56. The molecule has 1 aromatic rings. The number of nitrogen functional groups attached to an aromatic ring is 1. The molecule has 0 spiro atoms. The Kier molecular flexibility index (Phi) is 4.27. The van der Waals surface area contributed by atoms with Gasteiger partial charge in [0.25, 0.3) is 0 Å². The van der Waals surface area contributed by atoms with Crippen LogP contribution < -0.4 is 10.5 Å². The number of likely N-dealkylation sites (N-methyl/N-ethyl adjacent to an activating group) is 1. The molecule has 0 amide bonds. The van der Waals surface area contributed by atoms with Gasteiger partial charge < -0.3 is 10.6 Å². The second kappa shape index (κ2) is 5.46. The van der Waals surface area contributed by atoms with Crippen LogP contribution in [-0.4, -0.2) is 39.5 Å². The summed E-state index contributed by atoms with van der Waals surface area (Å²) in [6.45, 7) is 1.53. The number of hydrogen-bond acceptors (Lipinski definition) is 4. The number of sulfonamides is 1. The number of nitrogens with zero attached hydrogens (tertiary/aromatic N) is 1. The first-order valence-corrected chi connectivity index (χ1v) is 7.99. The molecule has 1 aliphatic rings. The summed E-state index contributed by atoms with van der Waals surface area (Å²) in [4.78, 5) is 1.95. The topological polar surface area (TPSA) is 75.4 Å². The number of hydrogen-bond donors (Lipinski definition) is 2. The van der Waals surface area contributed by atoms with Crippen LogP contribution >= 0.6 is 23.2 Å². The summed E-state index contributed by atoms with van der Waals surface area (Å²) in [5, 5.41) is 0.339. The molecule has 0 aliphatic carbocycles. The van der Waals surface area contributed by atoms with Crippen LogP contribution in [0.2, 0.25) is 10.0 Å². The molecule has 0 saturated carbocycles. The minimum atomic E-state index is -3.74. The molecule has 106 valence electrons. The lowest BCUT2D eigenvalue weighted by atomic mass is 10.3. The van der Waals surface area contributed by atoms with Gasteiger partial charge in [0.2, 0.25) is 10.0 Å². The highest BCUT2D eigenvalue weighted by molar-refractivity contribution is 7.89. The smallest absolute Gasteiger partial charge is 0.244 e. The minimum Gasteiger partial charge on any atom is -0.398 e. The molecule has 1 aliphatic heterocycles. The Bertz CT molecular complexity index is 569. The van der Waals surface area contributed by atoms with Crippen molar-refractivity contribution in [1.29, 1.82) is 0 Å². The first kappa shape index (κ1) is 14.9. The maximum absolute atomic E-state index is 12.3. The Morgan fingerprint density at radius 2 is 2.11 bits per heavy atom. The molecule has 1 saturated heterocycles. The quantitative estimate of drug-likeness (QED) is 0.828. The van der Waals surface area contributed by atoms with Gasteiger partial charge in [0.05, 0.1) is 10.7 Å². The zero-order valence-electron chi connectivity index (χ0n) is 10.4. The van der Waals surface area contributed by atoms with E-state index in [1.807, 2.05) is 7.05 Å². The van der Waals surface area contributed by atoms with E-state index >= 15 is 0 Å². The first-order valence-electron chi connectivity index (χ1n) is 5.75. The number of benzene rings is 1. The van der Waals surface area contributed by atoms with Crippen molar-refractivity contribution in [3.8, 4) is 0 Å². The Balaban J connectivity index is 2.30. The van der Waals surface area contributed by atoms with E-state index in [1.165, 1.54) is 12.1 Å². The second-order valence-corrected chi connectivity index (χ2v) is 7.17. The average molecular weight is 324 g/mol. The van der Waals surface area contributed by atoms with Gasteiger partial charge in [-0.2, -0.15) is 0 Å². The Hall–Kier alpha value is -0.530. The molecule has 19 heavy (non-hydrogen) atoms. The van der Waals surface area contributed by atoms with Crippen LogP contribution in [0.1, 0.15) is 6.42 Å². The van der Waals surface area contributed by atoms with Crippen molar-refractivity contribution in [2.45, 2.75) is 17.4 Å². The second-order valence-electron chi connectivity index (χ2n) is 4.68. The first-order chi connectivity index (χ1) is 8.79. The molecule has 5 nitrogen and oxygen atoms in total. The van der Waals surface area contributed by atoms with Crippen molar-refractivity contribution in [2.24, 2.45) is 0 Å². The molecule has 0 radical (unpaired) electrons. The molecular weight excluding hydrogens is 309 g/mol. The van der Waals surface area contributed by atoms with Crippen molar-refractivity contribution in [2.75, 3.05) is 25.9 Å². The van der Waals surface area contributed by atoms with Gasteiger partial charge in [0, 0.05) is 17.6 Å². The lowest BCUT2D eigenvalue weighted by molar-refractivity contribution is 0.407. The van der Waals surface area contributed by atoms with Crippen molar-refractivity contribution in [1.82, 2.24) is 9.62 Å². The third-order valence-corrected chi connectivity index (χ3v) is 5.28. The third kappa shape index (κ3) is 3.32. The number of halogens is 2. The van der Waals surface area contributed by atoms with Gasteiger partial charge in [-0.25, -0.2) is 13.1 Å². The average Bonchev–Trinajstić information content (AvgIpc) is 2.60. The van der Waals surface area contributed by atoms with Gasteiger partial charge in [0.15, 0.2) is 0 Å². The van der Waals surface area contributed by atoms with Gasteiger partial charge in [-0.15, -0.1) is 0 Å². The van der Waals surface area contributed by atoms with Crippen LogP contribution in [0, 0.1) is 0 Å². The zero-order chi connectivity index (χ0) is 14.2. The fourth-order valence-electron chi connectivity index (χ4n) is 2.17. The molecule has 1 aromatic carbocycles. The maximum atomic E-state index is 12.3. The molecule has 0 bridgehead atoms. The summed E-state index contributed by atoms with van der Waals surface area (Å²) in [6.07, 6.45) is 0.765. The summed E-state index contributed by atoms with van der Waals surface area (Å²) in [5.41, 5.74) is 5.76. The summed E-state index contributed by atoms with van der Waals surface area (Å²) in [6, 6.07) is 2.62. The van der Waals surface area contributed by atoms with E-state index in [2.05, 4.69) is 9.62 Å². The van der Waals surface area contributed by atoms with E-state index in [1.54, 1.807) is 0 Å². The number of rotatable bonds is 3. The van der Waals surface area contributed by atoms with E-state index in [0.717, 1.165) is 13.0 Å². The molecular formula is C11H15Cl2N3O2S. The molecule has 1 unspecified atom stereocenters. The lowest BCUT2D eigenvalue weighted by Gasteiger charge is -2.15. The highest BCUT2D eigenvalue weighted by Gasteiger charge is 2.28. The zero-order valence-corrected chi connectivity index (χ0v) is 12.7. The maximum Gasteiger partial charge on any atom is 0.244 e. The van der Waals surface area contributed by atoms with E-state index < -0.39 is 10.0 Å². The highest BCUT2D eigenvalue weighted by Crippen LogP contribution is 2.31. The van der Waals surface area contributed by atoms with E-state index in [4.69, 9.17) is 28.9 Å². The standard InChI is InChI=1S/C11H15Cl2N3O2S/c1-16-3-2-8(6-16)15-19(17,18)11-9(13)4-7(12)5-10(11)14/h4-5,8,15H,2-3,6,14H2,1H3. The van der Waals surface area contributed by atoms with Crippen molar-refractivity contribution >= 4 is 38.9 Å². The number of anilines is 1. The summed E-state index contributed by atoms with van der Waals surface area (Å²) < 4.78 is 27.2. The van der Waals surface area contributed by atoms with Crippen molar-refractivity contribution < 1.29 is 8.42 Å². The fraction of sp³-hybridized carbons (Fsp3) is 0.455. The Labute approximate surface area is 122 Å². The largest absolute Gasteiger partial charge is 0.398 e. The van der Waals surface area contributed by atoms with Crippen molar-refractivity contribution in [3.63, 3.8) is 0 Å². The fourth-order valence-corrected chi connectivity index (χ4v) is 4.42. The van der Waals surface area contributed by atoms with Gasteiger partial charge in [-0.05, 0) is 32.1 Å². The number of nitrogens with two attached hydrogens (primary N) is 1. The summed E-state index contributed by atoms with van der Waals surface area (Å²) >= 11 is 11.7. The van der Waals surface area contributed by atoms with Crippen LogP contribution in [0.4, 0.5) is 5.69 Å². The molecule has 1 fully saturated rings. The van der Waals surface area contributed by atoms with E-state index in [0.29, 0.717) is 11.6 Å². The minimum absolute atomic E-state index is 0.0313. The van der Waals surface area contributed by atoms with Crippen LogP contribution in [-0.2, 0) is 10.0 Å². The van der Waals surface area contributed by atoms with Crippen molar-refractivity contribution in [3.05, 3.63) is 22.2 Å². The molecule has 0 aromatic heterocycles. The van der Waals surface area contributed by atoms with E-state index in [-0.39, 0.29) is 21.6 Å². The summed E-state index contributed by atoms with van der Waals surface area (Å²) in [5.74, 6) is 0. The summed E-state index contributed by atoms with van der Waals surface area (Å²) in [7, 11) is -1.80. The Morgan fingerprint density at radius 3 is 2.63 bits per heavy atom. The van der Waals surface area contributed by atoms with E-state index in [9.17, 15) is 8.42 Å². The number of likely N-dealkylation sites (tertiary alicyclic amines) is 1. The molecule has 1 heterocycles. The number of nitrogens with one attached hydrogen (secondary N) is 1. The normalized spacial score (nSPS) is 20.9. The van der Waals surface area contributed by atoms with Crippen LogP contribution in [0.3, 0.4) is 0 Å². The molecule has 8 heteroatoms. The van der Waals surface area contributed by atoms with Crippen LogP contribution in [0.15, 0.2) is 17.0 Å². The molecule has 2 rings (SSSR count). The van der Waals surface area contributed by atoms with Gasteiger partial charge in [0.1, 0.15) is 4.90 Å². The predicted molar refractivity (Wildman–Crippen MR) is 77.1 cm³/mol. The van der Waals surface area contributed by atoms with Gasteiger partial charge in [-0.1, -0.05) is 23.2 Å². The monoisotopic (exact) mass is 323 g/mol. The SMILES string of the molecule is CN1CCC(NS(=O)(=O)c2c(N)cc(Cl)cc2Cl)C1. The molecule has 1 atom stereocenters.